The second-order valence-electron chi connectivity index (χ2n) is 6.21. The molecule has 18 heavy (non-hydrogen) atoms. The highest BCUT2D eigenvalue weighted by Gasteiger charge is 2.31. The van der Waals surface area contributed by atoms with Gasteiger partial charge in [0.15, 0.2) is 0 Å². The Morgan fingerprint density at radius 1 is 1.33 bits per heavy atom. The van der Waals surface area contributed by atoms with Gasteiger partial charge in [-0.1, -0.05) is 23.8 Å². The zero-order chi connectivity index (χ0) is 14.0. The molecule has 0 radical (unpaired) electrons. The third-order valence-corrected chi connectivity index (χ3v) is 3.80. The van der Waals surface area contributed by atoms with Crippen LogP contribution in [0.3, 0.4) is 0 Å². The summed E-state index contributed by atoms with van der Waals surface area (Å²) in [5, 5.41) is 29.8. The summed E-state index contributed by atoms with van der Waals surface area (Å²) < 4.78 is 0. The number of aliphatic hydroxyl groups excluding tert-OH is 1. The summed E-state index contributed by atoms with van der Waals surface area (Å²) in [7, 11) is 0. The first-order valence-corrected chi connectivity index (χ1v) is 6.61. The third kappa shape index (κ3) is 4.23. The molecule has 3 nitrogen and oxygen atoms in total. The van der Waals surface area contributed by atoms with E-state index in [2.05, 4.69) is 13.0 Å². The molecule has 0 aromatic heterocycles. The predicted octanol–water partition coefficient (Wildman–Crippen LogP) is 2.17. The van der Waals surface area contributed by atoms with Gasteiger partial charge in [0.05, 0.1) is 11.2 Å². The van der Waals surface area contributed by atoms with E-state index in [1.54, 1.807) is 26.8 Å². The van der Waals surface area contributed by atoms with E-state index < -0.39 is 17.3 Å². The second-order valence-corrected chi connectivity index (χ2v) is 6.21. The molecule has 0 heterocycles. The van der Waals surface area contributed by atoms with Gasteiger partial charge in [-0.3, -0.25) is 0 Å². The smallest absolute Gasteiger partial charge is 0.100 e. The van der Waals surface area contributed by atoms with Gasteiger partial charge in [-0.25, -0.2) is 0 Å². The summed E-state index contributed by atoms with van der Waals surface area (Å²) in [6.45, 7) is 6.96. The maximum absolute atomic E-state index is 10.4. The largest absolute Gasteiger partial charge is 0.387 e. The first kappa shape index (κ1) is 15.4. The highest BCUT2D eigenvalue weighted by Crippen LogP contribution is 2.33. The predicted molar refractivity (Wildman–Crippen MR) is 73.2 cm³/mol. The fraction of sp³-hybridized carbons (Fsp3) is 0.733. The van der Waals surface area contributed by atoms with Crippen LogP contribution >= 0.6 is 0 Å². The topological polar surface area (TPSA) is 60.7 Å². The van der Waals surface area contributed by atoms with Crippen LogP contribution in [-0.2, 0) is 0 Å². The Labute approximate surface area is 110 Å². The number of rotatable bonds is 4. The standard InChI is InChI=1S/C15H26O3/c1-11-5-7-12(8-6-11)15(4,18)10-9-13(16)14(2,3)17/h5,9-10,12-13,16-18H,6-8H2,1-4H3. The first-order valence-electron chi connectivity index (χ1n) is 6.61. The molecule has 0 aromatic rings. The highest BCUT2D eigenvalue weighted by atomic mass is 16.3. The highest BCUT2D eigenvalue weighted by molar-refractivity contribution is 5.12. The van der Waals surface area contributed by atoms with E-state index in [1.807, 2.05) is 0 Å². The van der Waals surface area contributed by atoms with Gasteiger partial charge in [-0.2, -0.15) is 0 Å². The van der Waals surface area contributed by atoms with Crippen molar-refractivity contribution in [2.45, 2.75) is 64.3 Å². The molecule has 0 saturated heterocycles. The van der Waals surface area contributed by atoms with Crippen LogP contribution in [-0.4, -0.2) is 32.6 Å². The lowest BCUT2D eigenvalue weighted by Gasteiger charge is -2.33. The Morgan fingerprint density at radius 2 is 1.94 bits per heavy atom. The Morgan fingerprint density at radius 3 is 2.39 bits per heavy atom. The van der Waals surface area contributed by atoms with Crippen molar-refractivity contribution >= 4 is 0 Å². The molecule has 1 aliphatic rings. The minimum absolute atomic E-state index is 0.173. The molecule has 104 valence electrons. The molecule has 3 heteroatoms. The van der Waals surface area contributed by atoms with Crippen LogP contribution in [0.2, 0.25) is 0 Å². The van der Waals surface area contributed by atoms with Crippen molar-refractivity contribution in [3.8, 4) is 0 Å². The maximum Gasteiger partial charge on any atom is 0.100 e. The van der Waals surface area contributed by atoms with Crippen LogP contribution in [0, 0.1) is 5.92 Å². The van der Waals surface area contributed by atoms with Crippen LogP contribution < -0.4 is 0 Å². The average Bonchev–Trinajstić information content (AvgIpc) is 2.25. The lowest BCUT2D eigenvalue weighted by molar-refractivity contribution is -0.0245. The average molecular weight is 254 g/mol. The number of aliphatic hydroxyl groups is 3. The summed E-state index contributed by atoms with van der Waals surface area (Å²) in [6, 6.07) is 0. The Bertz CT molecular complexity index is 334. The minimum Gasteiger partial charge on any atom is -0.387 e. The van der Waals surface area contributed by atoms with E-state index in [9.17, 15) is 15.3 Å². The van der Waals surface area contributed by atoms with E-state index >= 15 is 0 Å². The third-order valence-electron chi connectivity index (χ3n) is 3.80. The molecule has 0 spiro atoms. The van der Waals surface area contributed by atoms with Crippen molar-refractivity contribution in [1.29, 1.82) is 0 Å². The quantitative estimate of drug-likeness (QED) is 0.674. The van der Waals surface area contributed by atoms with Gasteiger partial charge in [0.25, 0.3) is 0 Å². The maximum atomic E-state index is 10.4. The number of allylic oxidation sites excluding steroid dienone is 2. The van der Waals surface area contributed by atoms with E-state index in [0.29, 0.717) is 0 Å². The molecule has 0 saturated carbocycles. The molecule has 1 rings (SSSR count). The molecule has 3 N–H and O–H groups in total. The Balaban J connectivity index is 2.67. The van der Waals surface area contributed by atoms with Crippen molar-refractivity contribution in [2.75, 3.05) is 0 Å². The lowest BCUT2D eigenvalue weighted by Crippen LogP contribution is -2.37. The van der Waals surface area contributed by atoms with E-state index in [4.69, 9.17) is 0 Å². The summed E-state index contributed by atoms with van der Waals surface area (Å²) in [5.74, 6) is 0.173. The van der Waals surface area contributed by atoms with Crippen molar-refractivity contribution in [2.24, 2.45) is 5.92 Å². The second kappa shape index (κ2) is 5.55. The summed E-state index contributed by atoms with van der Waals surface area (Å²) >= 11 is 0. The van der Waals surface area contributed by atoms with Crippen LogP contribution in [0.25, 0.3) is 0 Å². The molecule has 3 atom stereocenters. The summed E-state index contributed by atoms with van der Waals surface area (Å²) in [5.41, 5.74) is -0.749. The molecule has 0 aliphatic heterocycles. The van der Waals surface area contributed by atoms with Crippen molar-refractivity contribution < 1.29 is 15.3 Å². The number of hydrogen-bond acceptors (Lipinski definition) is 3. The number of hydrogen-bond donors (Lipinski definition) is 3. The molecule has 3 unspecified atom stereocenters. The SMILES string of the molecule is CC1=CCC(C(C)(O)C=CC(O)C(C)(C)O)CC1. The zero-order valence-corrected chi connectivity index (χ0v) is 11.8. The van der Waals surface area contributed by atoms with Crippen molar-refractivity contribution in [1.82, 2.24) is 0 Å². The molecular weight excluding hydrogens is 228 g/mol. The van der Waals surface area contributed by atoms with Crippen LogP contribution in [0.5, 0.6) is 0 Å². The zero-order valence-electron chi connectivity index (χ0n) is 11.8. The van der Waals surface area contributed by atoms with Gasteiger partial charge >= 0.3 is 0 Å². The fourth-order valence-corrected chi connectivity index (χ4v) is 2.15. The molecule has 0 amide bonds. The van der Waals surface area contributed by atoms with Crippen LogP contribution in [0.15, 0.2) is 23.8 Å². The first-order chi connectivity index (χ1) is 8.13. The van der Waals surface area contributed by atoms with Crippen LogP contribution in [0.4, 0.5) is 0 Å². The van der Waals surface area contributed by atoms with Crippen molar-refractivity contribution in [3.05, 3.63) is 23.8 Å². The van der Waals surface area contributed by atoms with Crippen molar-refractivity contribution in [3.63, 3.8) is 0 Å². The molecule has 0 bridgehead atoms. The van der Waals surface area contributed by atoms with Gasteiger partial charge in [0.1, 0.15) is 6.10 Å². The van der Waals surface area contributed by atoms with E-state index in [0.717, 1.165) is 19.3 Å². The van der Waals surface area contributed by atoms with Gasteiger partial charge in [-0.15, -0.1) is 0 Å². The molecule has 0 aromatic carbocycles. The monoisotopic (exact) mass is 254 g/mol. The lowest BCUT2D eigenvalue weighted by atomic mass is 9.78. The van der Waals surface area contributed by atoms with Gasteiger partial charge in [0, 0.05) is 0 Å². The van der Waals surface area contributed by atoms with E-state index in [-0.39, 0.29) is 5.92 Å². The van der Waals surface area contributed by atoms with Gasteiger partial charge in [0.2, 0.25) is 0 Å². The Hall–Kier alpha value is -0.640. The fourth-order valence-electron chi connectivity index (χ4n) is 2.15. The summed E-state index contributed by atoms with van der Waals surface area (Å²) in [4.78, 5) is 0. The van der Waals surface area contributed by atoms with Gasteiger partial charge < -0.3 is 15.3 Å². The Kier molecular flexibility index (Phi) is 4.76. The molecule has 0 fully saturated rings. The molecule has 1 aliphatic carbocycles. The normalized spacial score (nSPS) is 26.8. The van der Waals surface area contributed by atoms with Gasteiger partial charge in [-0.05, 0) is 52.9 Å². The van der Waals surface area contributed by atoms with E-state index in [1.165, 1.54) is 11.6 Å². The molecular formula is C15H26O3. The van der Waals surface area contributed by atoms with Crippen LogP contribution in [0.1, 0.15) is 47.0 Å². The minimum atomic E-state index is -1.18. The summed E-state index contributed by atoms with van der Waals surface area (Å²) in [6.07, 6.45) is 7.15.